The highest BCUT2D eigenvalue weighted by atomic mass is 127. The van der Waals surface area contributed by atoms with Gasteiger partial charge in [0.05, 0.1) is 6.61 Å². The third-order valence-corrected chi connectivity index (χ3v) is 6.06. The van der Waals surface area contributed by atoms with Crippen LogP contribution < -0.4 is 10.6 Å². The van der Waals surface area contributed by atoms with Crippen LogP contribution in [0.4, 0.5) is 0 Å². The molecule has 0 aliphatic carbocycles. The molecule has 158 valence electrons. The fourth-order valence-electron chi connectivity index (χ4n) is 3.29. The van der Waals surface area contributed by atoms with Gasteiger partial charge in [-0.05, 0) is 42.7 Å². The number of nitrogens with one attached hydrogen (secondary N) is 2. The number of benzene rings is 2. The monoisotopic (exact) mass is 527 g/mol. The molecule has 5 nitrogen and oxygen atoms in total. The van der Waals surface area contributed by atoms with Gasteiger partial charge in [0, 0.05) is 48.6 Å². The molecule has 0 amide bonds. The predicted molar refractivity (Wildman–Crippen MR) is 130 cm³/mol. The zero-order chi connectivity index (χ0) is 19.7. The maximum absolute atomic E-state index is 9.35. The molecule has 1 heterocycles. The van der Waals surface area contributed by atoms with Crippen molar-refractivity contribution in [3.63, 3.8) is 0 Å². The highest BCUT2D eigenvalue weighted by molar-refractivity contribution is 14.0. The Balaban J connectivity index is 0.00000300. The van der Waals surface area contributed by atoms with Crippen LogP contribution in [0.5, 0.6) is 0 Å². The standard InChI is InChI=1S/C22H29N3O2S.HI/c1-23-21(25-16-22(11-13-26)12-14-27-17-22)24-15-18-7-9-20(10-8-18)28-19-5-3-2-4-6-19;/h2-10,26H,11-17H2,1H3,(H2,23,24,25);1H. The molecule has 1 aliphatic heterocycles. The summed E-state index contributed by atoms with van der Waals surface area (Å²) < 4.78 is 5.55. The van der Waals surface area contributed by atoms with E-state index < -0.39 is 0 Å². The van der Waals surface area contributed by atoms with E-state index in [4.69, 9.17) is 4.74 Å². The molecular formula is C22H30IN3O2S. The van der Waals surface area contributed by atoms with Crippen molar-refractivity contribution in [2.24, 2.45) is 10.4 Å². The molecule has 7 heteroatoms. The molecule has 0 bridgehead atoms. The summed E-state index contributed by atoms with van der Waals surface area (Å²) in [6, 6.07) is 19.0. The summed E-state index contributed by atoms with van der Waals surface area (Å²) in [6.07, 6.45) is 1.72. The first-order chi connectivity index (χ1) is 13.7. The van der Waals surface area contributed by atoms with Crippen LogP contribution in [-0.2, 0) is 11.3 Å². The van der Waals surface area contributed by atoms with Crippen molar-refractivity contribution in [3.05, 3.63) is 60.2 Å². The summed E-state index contributed by atoms with van der Waals surface area (Å²) in [6.45, 7) is 3.10. The number of guanidine groups is 1. The lowest BCUT2D eigenvalue weighted by atomic mass is 9.84. The molecule has 0 spiro atoms. The minimum Gasteiger partial charge on any atom is -0.396 e. The lowest BCUT2D eigenvalue weighted by Crippen LogP contribution is -2.44. The second-order valence-electron chi connectivity index (χ2n) is 7.11. The molecule has 0 radical (unpaired) electrons. The zero-order valence-corrected chi connectivity index (χ0v) is 19.9. The van der Waals surface area contributed by atoms with Gasteiger partial charge in [-0.3, -0.25) is 4.99 Å². The molecule has 3 rings (SSSR count). The van der Waals surface area contributed by atoms with E-state index in [1.165, 1.54) is 15.4 Å². The van der Waals surface area contributed by atoms with Gasteiger partial charge in [-0.25, -0.2) is 0 Å². The fraction of sp³-hybridized carbons (Fsp3) is 0.409. The van der Waals surface area contributed by atoms with Gasteiger partial charge < -0.3 is 20.5 Å². The van der Waals surface area contributed by atoms with Gasteiger partial charge in [-0.15, -0.1) is 24.0 Å². The van der Waals surface area contributed by atoms with Crippen LogP contribution in [0.1, 0.15) is 18.4 Å². The van der Waals surface area contributed by atoms with Crippen LogP contribution in [0.2, 0.25) is 0 Å². The SMILES string of the molecule is CN=C(NCc1ccc(Sc2ccccc2)cc1)NCC1(CCO)CCOC1.I. The highest BCUT2D eigenvalue weighted by Gasteiger charge is 2.34. The third kappa shape index (κ3) is 7.47. The van der Waals surface area contributed by atoms with E-state index in [0.717, 1.165) is 32.0 Å². The van der Waals surface area contributed by atoms with E-state index in [-0.39, 0.29) is 36.0 Å². The van der Waals surface area contributed by atoms with E-state index in [0.29, 0.717) is 13.2 Å². The third-order valence-electron chi connectivity index (χ3n) is 5.04. The number of aliphatic hydroxyl groups is 1. The summed E-state index contributed by atoms with van der Waals surface area (Å²) in [5, 5.41) is 16.1. The largest absolute Gasteiger partial charge is 0.396 e. The minimum absolute atomic E-state index is 0. The molecular weight excluding hydrogens is 497 g/mol. The van der Waals surface area contributed by atoms with Gasteiger partial charge in [-0.1, -0.05) is 42.1 Å². The Bertz CT molecular complexity index is 750. The van der Waals surface area contributed by atoms with Gasteiger partial charge in [0.2, 0.25) is 0 Å². The molecule has 1 saturated heterocycles. The maximum atomic E-state index is 9.35. The minimum atomic E-state index is 0. The van der Waals surface area contributed by atoms with Crippen molar-refractivity contribution in [1.82, 2.24) is 10.6 Å². The Kier molecular flexibility index (Phi) is 10.3. The summed E-state index contributed by atoms with van der Waals surface area (Å²) in [7, 11) is 1.78. The fourth-order valence-corrected chi connectivity index (χ4v) is 4.13. The average molecular weight is 527 g/mol. The van der Waals surface area contributed by atoms with E-state index in [9.17, 15) is 5.11 Å². The second kappa shape index (κ2) is 12.4. The lowest BCUT2D eigenvalue weighted by molar-refractivity contribution is 0.127. The molecule has 1 atom stereocenters. The van der Waals surface area contributed by atoms with Gasteiger partial charge in [-0.2, -0.15) is 0 Å². The van der Waals surface area contributed by atoms with Crippen LogP contribution in [0.15, 0.2) is 69.4 Å². The molecule has 0 saturated carbocycles. The van der Waals surface area contributed by atoms with E-state index in [1.54, 1.807) is 18.8 Å². The second-order valence-corrected chi connectivity index (χ2v) is 8.26. The number of ether oxygens (including phenoxy) is 1. The van der Waals surface area contributed by atoms with Crippen molar-refractivity contribution in [3.8, 4) is 0 Å². The smallest absolute Gasteiger partial charge is 0.191 e. The molecule has 0 aromatic heterocycles. The number of aliphatic imine (C=N–C) groups is 1. The quantitative estimate of drug-likeness (QED) is 0.276. The van der Waals surface area contributed by atoms with Crippen molar-refractivity contribution in [2.45, 2.75) is 29.2 Å². The molecule has 2 aromatic carbocycles. The summed E-state index contributed by atoms with van der Waals surface area (Å²) >= 11 is 1.76. The van der Waals surface area contributed by atoms with Crippen LogP contribution >= 0.6 is 35.7 Å². The number of rotatable bonds is 8. The Hall–Kier alpha value is -1.29. The van der Waals surface area contributed by atoms with Gasteiger partial charge in [0.1, 0.15) is 0 Å². The molecule has 29 heavy (non-hydrogen) atoms. The van der Waals surface area contributed by atoms with Crippen molar-refractivity contribution in [2.75, 3.05) is 33.4 Å². The van der Waals surface area contributed by atoms with Gasteiger partial charge in [0.15, 0.2) is 5.96 Å². The first-order valence-electron chi connectivity index (χ1n) is 9.68. The number of hydrogen-bond donors (Lipinski definition) is 3. The molecule has 3 N–H and O–H groups in total. The van der Waals surface area contributed by atoms with Crippen molar-refractivity contribution >= 4 is 41.7 Å². The number of hydrogen-bond acceptors (Lipinski definition) is 4. The average Bonchev–Trinajstić information content (AvgIpc) is 3.19. The van der Waals surface area contributed by atoms with Crippen LogP contribution in [-0.4, -0.2) is 44.5 Å². The van der Waals surface area contributed by atoms with Crippen molar-refractivity contribution in [1.29, 1.82) is 0 Å². The zero-order valence-electron chi connectivity index (χ0n) is 16.8. The Morgan fingerprint density at radius 3 is 2.45 bits per heavy atom. The van der Waals surface area contributed by atoms with Crippen molar-refractivity contribution < 1.29 is 9.84 Å². The first-order valence-corrected chi connectivity index (χ1v) is 10.5. The predicted octanol–water partition coefficient (Wildman–Crippen LogP) is 3.91. The summed E-state index contributed by atoms with van der Waals surface area (Å²) in [5.41, 5.74) is 1.21. The van der Waals surface area contributed by atoms with Gasteiger partial charge in [0.25, 0.3) is 0 Å². The maximum Gasteiger partial charge on any atom is 0.191 e. The number of halogens is 1. The summed E-state index contributed by atoms with van der Waals surface area (Å²) in [4.78, 5) is 6.78. The molecule has 1 aliphatic rings. The topological polar surface area (TPSA) is 65.9 Å². The van der Waals surface area contributed by atoms with Crippen LogP contribution in [0.25, 0.3) is 0 Å². The highest BCUT2D eigenvalue weighted by Crippen LogP contribution is 2.31. The molecule has 1 unspecified atom stereocenters. The van der Waals surface area contributed by atoms with E-state index in [1.807, 2.05) is 6.07 Å². The Labute approximate surface area is 194 Å². The Morgan fingerprint density at radius 1 is 1.10 bits per heavy atom. The molecule has 1 fully saturated rings. The number of aliphatic hydroxyl groups excluding tert-OH is 1. The van der Waals surface area contributed by atoms with Crippen LogP contribution in [0.3, 0.4) is 0 Å². The molecule has 2 aromatic rings. The Morgan fingerprint density at radius 2 is 1.83 bits per heavy atom. The summed E-state index contributed by atoms with van der Waals surface area (Å²) in [5.74, 6) is 0.770. The van der Waals surface area contributed by atoms with E-state index in [2.05, 4.69) is 64.2 Å². The van der Waals surface area contributed by atoms with E-state index >= 15 is 0 Å². The lowest BCUT2D eigenvalue weighted by Gasteiger charge is -2.27. The first kappa shape index (κ1) is 24.0. The normalized spacial score (nSPS) is 18.9. The number of nitrogens with zero attached hydrogens (tertiary/aromatic N) is 1. The van der Waals surface area contributed by atoms with Gasteiger partial charge >= 0.3 is 0 Å². The van der Waals surface area contributed by atoms with Crippen LogP contribution in [0, 0.1) is 5.41 Å².